The Bertz CT molecular complexity index is 1700. The molecule has 0 radical (unpaired) electrons. The molecule has 1 aliphatic rings. The molecule has 1 aromatic carbocycles. The largest absolute Gasteiger partial charge is 0.454 e. The van der Waals surface area contributed by atoms with Crippen LogP contribution in [0.25, 0.3) is 11.0 Å². The first-order chi connectivity index (χ1) is 20.5. The summed E-state index contributed by atoms with van der Waals surface area (Å²) in [4.78, 5) is 34.7. The summed E-state index contributed by atoms with van der Waals surface area (Å²) in [5.41, 5.74) is -2.17. The zero-order chi connectivity index (χ0) is 30.7. The van der Waals surface area contributed by atoms with Gasteiger partial charge < -0.3 is 19.3 Å². The Morgan fingerprint density at radius 3 is 2.53 bits per heavy atom. The standard InChI is InChI=1S/C29H28ClF3N4O6/c1-36-26-24(27(39)37(28(36)40)12-4-14-42-22-5-2-3-13-41-22)23(25(38)17-6-8-18(30)9-7-17)20(16-35-26)43-19-10-11-21(34-15-19)29(31,32)33/h6-11,15-16,22,25,38H,2-5,12-14H2,1H3. The first-order valence-corrected chi connectivity index (χ1v) is 13.9. The minimum atomic E-state index is -4.65. The molecule has 0 spiro atoms. The zero-order valence-electron chi connectivity index (χ0n) is 23.0. The second-order valence-corrected chi connectivity index (χ2v) is 10.4. The van der Waals surface area contributed by atoms with E-state index in [1.165, 1.54) is 17.8 Å². The number of aliphatic hydroxyl groups is 1. The quantitative estimate of drug-likeness (QED) is 0.261. The Labute approximate surface area is 248 Å². The van der Waals surface area contributed by atoms with Gasteiger partial charge in [0.25, 0.3) is 5.56 Å². The van der Waals surface area contributed by atoms with E-state index in [9.17, 15) is 27.9 Å². The van der Waals surface area contributed by atoms with Crippen molar-refractivity contribution in [3.05, 3.63) is 91.5 Å². The Morgan fingerprint density at radius 1 is 1.12 bits per heavy atom. The molecule has 14 heteroatoms. The number of halogens is 4. The summed E-state index contributed by atoms with van der Waals surface area (Å²) in [5.74, 6) is -0.206. The lowest BCUT2D eigenvalue weighted by Crippen LogP contribution is -2.40. The molecule has 0 aliphatic carbocycles. The molecule has 10 nitrogen and oxygen atoms in total. The van der Waals surface area contributed by atoms with Gasteiger partial charge in [-0.1, -0.05) is 23.7 Å². The molecule has 0 amide bonds. The molecular formula is C29H28ClF3N4O6. The monoisotopic (exact) mass is 620 g/mol. The van der Waals surface area contributed by atoms with Gasteiger partial charge in [0, 0.05) is 30.8 Å². The number of rotatable bonds is 9. The minimum Gasteiger partial charge on any atom is -0.454 e. The van der Waals surface area contributed by atoms with Gasteiger partial charge in [0.15, 0.2) is 12.0 Å². The van der Waals surface area contributed by atoms with E-state index >= 15 is 0 Å². The maximum absolute atomic E-state index is 13.9. The third-order valence-electron chi connectivity index (χ3n) is 7.04. The van der Waals surface area contributed by atoms with Gasteiger partial charge in [0.05, 0.1) is 24.4 Å². The van der Waals surface area contributed by atoms with Crippen molar-refractivity contribution in [3.63, 3.8) is 0 Å². The number of aliphatic hydroxyl groups excluding tert-OH is 1. The number of fused-ring (bicyclic) bond motifs is 1. The van der Waals surface area contributed by atoms with Gasteiger partial charge in [-0.25, -0.2) is 14.8 Å². The number of aryl methyl sites for hydroxylation is 1. The molecule has 1 aliphatic heterocycles. The van der Waals surface area contributed by atoms with E-state index in [0.717, 1.165) is 42.2 Å². The van der Waals surface area contributed by atoms with Crippen LogP contribution in [0.3, 0.4) is 0 Å². The Kier molecular flexibility index (Phi) is 9.16. The molecule has 0 saturated carbocycles. The predicted octanol–water partition coefficient (Wildman–Crippen LogP) is 4.97. The lowest BCUT2D eigenvalue weighted by atomic mass is 9.98. The number of hydrogen-bond donors (Lipinski definition) is 1. The third-order valence-corrected chi connectivity index (χ3v) is 7.29. The normalized spacial score (nSPS) is 16.4. The maximum Gasteiger partial charge on any atom is 0.433 e. The van der Waals surface area contributed by atoms with Gasteiger partial charge in [-0.3, -0.25) is 13.9 Å². The van der Waals surface area contributed by atoms with Crippen molar-refractivity contribution in [1.82, 2.24) is 19.1 Å². The van der Waals surface area contributed by atoms with Crippen LogP contribution in [0.2, 0.25) is 5.02 Å². The van der Waals surface area contributed by atoms with E-state index in [-0.39, 0.29) is 47.5 Å². The van der Waals surface area contributed by atoms with Crippen LogP contribution in [-0.2, 0) is 29.2 Å². The lowest BCUT2D eigenvalue weighted by molar-refractivity contribution is -0.163. The summed E-state index contributed by atoms with van der Waals surface area (Å²) < 4.78 is 58.4. The summed E-state index contributed by atoms with van der Waals surface area (Å²) in [6.07, 6.45) is -1.31. The molecular weight excluding hydrogens is 593 g/mol. The first kappa shape index (κ1) is 30.7. The van der Waals surface area contributed by atoms with E-state index in [2.05, 4.69) is 9.97 Å². The van der Waals surface area contributed by atoms with Crippen molar-refractivity contribution < 1.29 is 32.5 Å². The van der Waals surface area contributed by atoms with Crippen LogP contribution < -0.4 is 16.0 Å². The van der Waals surface area contributed by atoms with E-state index in [4.69, 9.17) is 25.8 Å². The van der Waals surface area contributed by atoms with Crippen molar-refractivity contribution in [2.24, 2.45) is 7.05 Å². The first-order valence-electron chi connectivity index (χ1n) is 13.5. The van der Waals surface area contributed by atoms with E-state index in [1.54, 1.807) is 24.3 Å². The number of pyridine rings is 2. The van der Waals surface area contributed by atoms with E-state index < -0.39 is 29.2 Å². The highest BCUT2D eigenvalue weighted by molar-refractivity contribution is 6.30. The van der Waals surface area contributed by atoms with Crippen LogP contribution in [0.5, 0.6) is 11.5 Å². The number of alkyl halides is 3. The topological polar surface area (TPSA) is 118 Å². The van der Waals surface area contributed by atoms with Crippen LogP contribution >= 0.6 is 11.6 Å². The molecule has 4 aromatic rings. The van der Waals surface area contributed by atoms with Crippen LogP contribution in [0.1, 0.15) is 48.6 Å². The Balaban J connectivity index is 1.57. The number of aromatic nitrogens is 4. The summed E-state index contributed by atoms with van der Waals surface area (Å²) in [5, 5.41) is 11.9. The van der Waals surface area contributed by atoms with E-state index in [0.29, 0.717) is 23.6 Å². The number of hydrogen-bond acceptors (Lipinski definition) is 8. The van der Waals surface area contributed by atoms with Gasteiger partial charge in [-0.15, -0.1) is 0 Å². The molecule has 0 bridgehead atoms. The SMILES string of the molecule is Cn1c(=O)n(CCCOC2CCCCO2)c(=O)c2c(C(O)c3ccc(Cl)cc3)c(Oc3ccc(C(F)(F)F)nc3)cnc21. The fourth-order valence-corrected chi connectivity index (χ4v) is 4.96. The summed E-state index contributed by atoms with van der Waals surface area (Å²) in [7, 11) is 1.44. The molecule has 228 valence electrons. The van der Waals surface area contributed by atoms with Crippen molar-refractivity contribution in [3.8, 4) is 11.5 Å². The van der Waals surface area contributed by atoms with Gasteiger partial charge in [0.2, 0.25) is 0 Å². The molecule has 2 atom stereocenters. The van der Waals surface area contributed by atoms with Crippen molar-refractivity contribution in [1.29, 1.82) is 0 Å². The number of nitrogens with zero attached hydrogens (tertiary/aromatic N) is 4. The van der Waals surface area contributed by atoms with Gasteiger partial charge in [0.1, 0.15) is 23.2 Å². The molecule has 5 rings (SSSR count). The van der Waals surface area contributed by atoms with Crippen LogP contribution in [0.15, 0.2) is 58.4 Å². The van der Waals surface area contributed by atoms with Gasteiger partial charge in [-0.2, -0.15) is 13.2 Å². The summed E-state index contributed by atoms with van der Waals surface area (Å²) in [6, 6.07) is 8.01. The second kappa shape index (κ2) is 12.8. The fourth-order valence-electron chi connectivity index (χ4n) is 4.83. The van der Waals surface area contributed by atoms with Crippen molar-refractivity contribution in [2.45, 2.75) is 50.8 Å². The molecule has 43 heavy (non-hydrogen) atoms. The minimum absolute atomic E-state index is 0.0125. The lowest BCUT2D eigenvalue weighted by Gasteiger charge is -2.22. The highest BCUT2D eigenvalue weighted by Gasteiger charge is 2.32. The third kappa shape index (κ3) is 6.74. The molecule has 3 aromatic heterocycles. The van der Waals surface area contributed by atoms with Crippen LogP contribution in [0, 0.1) is 0 Å². The highest BCUT2D eigenvalue weighted by atomic mass is 35.5. The average molecular weight is 621 g/mol. The second-order valence-electron chi connectivity index (χ2n) is 9.99. The van der Waals surface area contributed by atoms with Crippen LogP contribution in [-0.4, -0.2) is 43.7 Å². The van der Waals surface area contributed by atoms with E-state index in [1.807, 2.05) is 0 Å². The Hall–Kier alpha value is -3.78. The zero-order valence-corrected chi connectivity index (χ0v) is 23.8. The Morgan fingerprint density at radius 2 is 1.88 bits per heavy atom. The number of benzene rings is 1. The van der Waals surface area contributed by atoms with Crippen molar-refractivity contribution in [2.75, 3.05) is 13.2 Å². The summed E-state index contributed by atoms with van der Waals surface area (Å²) in [6.45, 7) is 0.882. The molecule has 4 heterocycles. The highest BCUT2D eigenvalue weighted by Crippen LogP contribution is 2.37. The van der Waals surface area contributed by atoms with Crippen LogP contribution in [0.4, 0.5) is 13.2 Å². The molecule has 1 N–H and O–H groups in total. The molecule has 1 fully saturated rings. The molecule has 1 saturated heterocycles. The number of ether oxygens (including phenoxy) is 3. The van der Waals surface area contributed by atoms with Gasteiger partial charge in [-0.05, 0) is 55.5 Å². The molecule has 2 unspecified atom stereocenters. The average Bonchev–Trinajstić information content (AvgIpc) is 2.99. The fraction of sp³-hybridized carbons (Fsp3) is 0.379. The van der Waals surface area contributed by atoms with Gasteiger partial charge >= 0.3 is 11.9 Å². The smallest absolute Gasteiger partial charge is 0.433 e. The summed E-state index contributed by atoms with van der Waals surface area (Å²) >= 11 is 6.02. The predicted molar refractivity (Wildman–Crippen MR) is 150 cm³/mol. The van der Waals surface area contributed by atoms with Crippen molar-refractivity contribution >= 4 is 22.6 Å². The maximum atomic E-state index is 13.9.